The molecule has 0 aromatic heterocycles. The average Bonchev–Trinajstić information content (AvgIpc) is 2.76. The highest BCUT2D eigenvalue weighted by molar-refractivity contribution is 5.35. The monoisotopic (exact) mass is 217 g/mol. The van der Waals surface area contributed by atoms with Gasteiger partial charge in [-0.2, -0.15) is 0 Å². The molecular weight excluding hydrogens is 194 g/mol. The maximum atomic E-state index is 5.88. The van der Waals surface area contributed by atoms with Crippen molar-refractivity contribution >= 4 is 0 Å². The van der Waals surface area contributed by atoms with Gasteiger partial charge in [0.2, 0.25) is 0 Å². The summed E-state index contributed by atoms with van der Waals surface area (Å²) >= 11 is 0. The molecule has 0 heterocycles. The molecule has 0 radical (unpaired) electrons. The fourth-order valence-electron chi connectivity index (χ4n) is 2.57. The Labute approximate surface area is 99.0 Å². The SMILES string of the molecule is CCC(C)(CN)Cc1ccc2c(c1)CCC2. The molecule has 1 nitrogen and oxygen atoms in total. The normalized spacial score (nSPS) is 18.2. The van der Waals surface area contributed by atoms with Gasteiger partial charge in [0.05, 0.1) is 0 Å². The van der Waals surface area contributed by atoms with Crippen LogP contribution >= 0.6 is 0 Å². The lowest BCUT2D eigenvalue weighted by atomic mass is 9.81. The molecule has 0 saturated heterocycles. The molecule has 1 aliphatic carbocycles. The quantitative estimate of drug-likeness (QED) is 0.824. The lowest BCUT2D eigenvalue weighted by molar-refractivity contribution is 0.320. The zero-order valence-electron chi connectivity index (χ0n) is 10.6. The Morgan fingerprint density at radius 3 is 2.69 bits per heavy atom. The second-order valence-electron chi connectivity index (χ2n) is 5.50. The van der Waals surface area contributed by atoms with Crippen LogP contribution in [0.2, 0.25) is 0 Å². The number of hydrogen-bond acceptors (Lipinski definition) is 1. The van der Waals surface area contributed by atoms with E-state index in [2.05, 4.69) is 32.0 Å². The van der Waals surface area contributed by atoms with Crippen LogP contribution in [0, 0.1) is 5.41 Å². The van der Waals surface area contributed by atoms with Crippen LogP contribution in [-0.4, -0.2) is 6.54 Å². The van der Waals surface area contributed by atoms with Crippen molar-refractivity contribution < 1.29 is 0 Å². The molecule has 16 heavy (non-hydrogen) atoms. The molecule has 1 heteroatoms. The summed E-state index contributed by atoms with van der Waals surface area (Å²) in [6.07, 6.45) is 6.15. The molecule has 1 aliphatic rings. The lowest BCUT2D eigenvalue weighted by Gasteiger charge is -2.26. The Balaban J connectivity index is 2.16. The van der Waals surface area contributed by atoms with Gasteiger partial charge in [0.25, 0.3) is 0 Å². The van der Waals surface area contributed by atoms with Crippen LogP contribution in [0.15, 0.2) is 18.2 Å². The van der Waals surface area contributed by atoms with E-state index in [0.29, 0.717) is 0 Å². The first-order chi connectivity index (χ1) is 7.67. The zero-order chi connectivity index (χ0) is 11.6. The fraction of sp³-hybridized carbons (Fsp3) is 0.600. The van der Waals surface area contributed by atoms with Gasteiger partial charge in [0, 0.05) is 0 Å². The molecule has 2 N–H and O–H groups in total. The van der Waals surface area contributed by atoms with E-state index in [-0.39, 0.29) is 5.41 Å². The van der Waals surface area contributed by atoms with Gasteiger partial charge in [-0.15, -0.1) is 0 Å². The lowest BCUT2D eigenvalue weighted by Crippen LogP contribution is -2.28. The maximum absolute atomic E-state index is 5.88. The maximum Gasteiger partial charge on any atom is -0.00201 e. The molecule has 1 atom stereocenters. The van der Waals surface area contributed by atoms with E-state index < -0.39 is 0 Å². The van der Waals surface area contributed by atoms with E-state index in [9.17, 15) is 0 Å². The van der Waals surface area contributed by atoms with Crippen LogP contribution < -0.4 is 5.73 Å². The van der Waals surface area contributed by atoms with Crippen LogP contribution in [-0.2, 0) is 19.3 Å². The Bertz CT molecular complexity index is 364. The predicted molar refractivity (Wildman–Crippen MR) is 69.6 cm³/mol. The topological polar surface area (TPSA) is 26.0 Å². The number of fused-ring (bicyclic) bond motifs is 1. The highest BCUT2D eigenvalue weighted by Gasteiger charge is 2.21. The van der Waals surface area contributed by atoms with E-state index >= 15 is 0 Å². The first-order valence-corrected chi connectivity index (χ1v) is 6.47. The Kier molecular flexibility index (Phi) is 3.34. The van der Waals surface area contributed by atoms with E-state index in [1.807, 2.05) is 0 Å². The zero-order valence-corrected chi connectivity index (χ0v) is 10.6. The van der Waals surface area contributed by atoms with Crippen molar-refractivity contribution in [3.63, 3.8) is 0 Å². The standard InChI is InChI=1S/C15H23N/c1-3-15(2,11-16)10-12-7-8-13-5-4-6-14(13)9-12/h7-9H,3-6,10-11,16H2,1-2H3. The molecule has 1 aromatic rings. The first kappa shape index (κ1) is 11.7. The molecule has 0 fully saturated rings. The molecule has 2 rings (SSSR count). The second kappa shape index (κ2) is 4.58. The first-order valence-electron chi connectivity index (χ1n) is 6.47. The number of benzene rings is 1. The third-order valence-electron chi connectivity index (χ3n) is 4.14. The summed E-state index contributed by atoms with van der Waals surface area (Å²) in [5, 5.41) is 0. The molecule has 0 bridgehead atoms. The van der Waals surface area contributed by atoms with Gasteiger partial charge in [0.1, 0.15) is 0 Å². The molecule has 0 aliphatic heterocycles. The summed E-state index contributed by atoms with van der Waals surface area (Å²) < 4.78 is 0. The minimum atomic E-state index is 0.271. The van der Waals surface area contributed by atoms with Gasteiger partial charge >= 0.3 is 0 Å². The van der Waals surface area contributed by atoms with Crippen LogP contribution in [0.25, 0.3) is 0 Å². The minimum absolute atomic E-state index is 0.271. The summed E-state index contributed by atoms with van der Waals surface area (Å²) in [4.78, 5) is 0. The highest BCUT2D eigenvalue weighted by Crippen LogP contribution is 2.28. The van der Waals surface area contributed by atoms with Crippen molar-refractivity contribution in [2.75, 3.05) is 6.54 Å². The van der Waals surface area contributed by atoms with Crippen molar-refractivity contribution in [3.8, 4) is 0 Å². The van der Waals surface area contributed by atoms with Crippen molar-refractivity contribution in [2.24, 2.45) is 11.1 Å². The summed E-state index contributed by atoms with van der Waals surface area (Å²) in [7, 11) is 0. The van der Waals surface area contributed by atoms with Crippen LogP contribution in [0.1, 0.15) is 43.4 Å². The van der Waals surface area contributed by atoms with Crippen LogP contribution in [0.4, 0.5) is 0 Å². The van der Waals surface area contributed by atoms with Gasteiger partial charge in [-0.1, -0.05) is 32.0 Å². The second-order valence-corrected chi connectivity index (χ2v) is 5.50. The van der Waals surface area contributed by atoms with Crippen molar-refractivity contribution in [1.29, 1.82) is 0 Å². The largest absolute Gasteiger partial charge is 0.330 e. The number of rotatable bonds is 4. The third-order valence-corrected chi connectivity index (χ3v) is 4.14. The van der Waals surface area contributed by atoms with E-state index in [4.69, 9.17) is 5.73 Å². The number of aryl methyl sites for hydroxylation is 2. The van der Waals surface area contributed by atoms with Gasteiger partial charge in [0.15, 0.2) is 0 Å². The summed E-state index contributed by atoms with van der Waals surface area (Å²) in [5.41, 5.74) is 10.8. The summed E-state index contributed by atoms with van der Waals surface area (Å²) in [5.74, 6) is 0. The Hall–Kier alpha value is -0.820. The van der Waals surface area contributed by atoms with Crippen LogP contribution in [0.5, 0.6) is 0 Å². The number of nitrogens with two attached hydrogens (primary N) is 1. The van der Waals surface area contributed by atoms with Gasteiger partial charge < -0.3 is 5.73 Å². The average molecular weight is 217 g/mol. The van der Waals surface area contributed by atoms with E-state index in [0.717, 1.165) is 19.4 Å². The predicted octanol–water partition coefficient (Wildman–Crippen LogP) is 3.09. The molecule has 88 valence electrons. The summed E-state index contributed by atoms with van der Waals surface area (Å²) in [6, 6.07) is 7.03. The Morgan fingerprint density at radius 2 is 2.00 bits per heavy atom. The number of hydrogen-bond donors (Lipinski definition) is 1. The van der Waals surface area contributed by atoms with Crippen molar-refractivity contribution in [2.45, 2.75) is 46.0 Å². The minimum Gasteiger partial charge on any atom is -0.330 e. The molecule has 0 saturated carbocycles. The molecule has 1 aromatic carbocycles. The third kappa shape index (κ3) is 2.30. The summed E-state index contributed by atoms with van der Waals surface area (Å²) in [6.45, 7) is 5.31. The fourth-order valence-corrected chi connectivity index (χ4v) is 2.57. The van der Waals surface area contributed by atoms with Crippen molar-refractivity contribution in [1.82, 2.24) is 0 Å². The molecule has 0 spiro atoms. The van der Waals surface area contributed by atoms with Gasteiger partial charge in [-0.05, 0) is 60.8 Å². The van der Waals surface area contributed by atoms with Crippen molar-refractivity contribution in [3.05, 3.63) is 34.9 Å². The Morgan fingerprint density at radius 1 is 1.25 bits per heavy atom. The molecule has 1 unspecified atom stereocenters. The van der Waals surface area contributed by atoms with Gasteiger partial charge in [-0.25, -0.2) is 0 Å². The van der Waals surface area contributed by atoms with E-state index in [1.54, 1.807) is 11.1 Å². The molecule has 0 amide bonds. The molecular formula is C15H23N. The smallest absolute Gasteiger partial charge is 0.00201 e. The highest BCUT2D eigenvalue weighted by atomic mass is 14.6. The van der Waals surface area contributed by atoms with E-state index in [1.165, 1.54) is 24.8 Å². The van der Waals surface area contributed by atoms with Crippen LogP contribution in [0.3, 0.4) is 0 Å². The van der Waals surface area contributed by atoms with Gasteiger partial charge in [-0.3, -0.25) is 0 Å².